The lowest BCUT2D eigenvalue weighted by Crippen LogP contribution is -2.41. The van der Waals surface area contributed by atoms with Crippen molar-refractivity contribution in [2.24, 2.45) is 5.92 Å². The summed E-state index contributed by atoms with van der Waals surface area (Å²) in [5.41, 5.74) is 0. The zero-order valence-electron chi connectivity index (χ0n) is 13.4. The van der Waals surface area contributed by atoms with Crippen LogP contribution in [0.1, 0.15) is 19.3 Å². The Bertz CT molecular complexity index is 773. The summed E-state index contributed by atoms with van der Waals surface area (Å²) in [5.74, 6) is -2.36. The van der Waals surface area contributed by atoms with Gasteiger partial charge in [-0.15, -0.1) is 0 Å². The standard InChI is InChI=1S/C16H18FNO6S/c17-12-3-1-2-4-14(12)25(21,22)18-8-5-11(6-9-18)15(19)24-13-7-10-23-16(13)20/h1-4,11,13H,5-10H2/t13-/m0/s1. The number of nitrogens with zero attached hydrogens (tertiary/aromatic N) is 1. The number of rotatable bonds is 4. The average molecular weight is 371 g/mol. The summed E-state index contributed by atoms with van der Waals surface area (Å²) in [5, 5.41) is 0. The van der Waals surface area contributed by atoms with E-state index in [1.165, 1.54) is 22.5 Å². The van der Waals surface area contributed by atoms with Crippen LogP contribution in [0.5, 0.6) is 0 Å². The van der Waals surface area contributed by atoms with Gasteiger partial charge in [0.15, 0.2) is 0 Å². The van der Waals surface area contributed by atoms with E-state index in [0.717, 1.165) is 6.07 Å². The molecule has 136 valence electrons. The Labute approximate surface area is 144 Å². The molecular formula is C16H18FNO6S. The number of ether oxygens (including phenoxy) is 2. The second-order valence-corrected chi connectivity index (χ2v) is 7.90. The minimum atomic E-state index is -3.94. The average Bonchev–Trinajstić information content (AvgIpc) is 3.00. The van der Waals surface area contributed by atoms with Crippen LogP contribution in [-0.2, 0) is 29.1 Å². The highest BCUT2D eigenvalue weighted by atomic mass is 32.2. The molecule has 0 amide bonds. The Hall–Kier alpha value is -2.00. The lowest BCUT2D eigenvalue weighted by atomic mass is 9.98. The molecule has 0 N–H and O–H groups in total. The van der Waals surface area contributed by atoms with E-state index in [9.17, 15) is 22.4 Å². The molecule has 2 fully saturated rings. The first-order chi connectivity index (χ1) is 11.9. The van der Waals surface area contributed by atoms with Crippen molar-refractivity contribution in [2.45, 2.75) is 30.3 Å². The van der Waals surface area contributed by atoms with Crippen molar-refractivity contribution >= 4 is 22.0 Å². The zero-order valence-corrected chi connectivity index (χ0v) is 14.2. The van der Waals surface area contributed by atoms with Crippen LogP contribution >= 0.6 is 0 Å². The fourth-order valence-electron chi connectivity index (χ4n) is 2.95. The Morgan fingerprint density at radius 2 is 1.88 bits per heavy atom. The summed E-state index contributed by atoms with van der Waals surface area (Å²) in [4.78, 5) is 23.1. The molecule has 2 heterocycles. The Kier molecular flexibility index (Phi) is 5.05. The number of hydrogen-bond acceptors (Lipinski definition) is 6. The van der Waals surface area contributed by atoms with E-state index in [4.69, 9.17) is 9.47 Å². The third-order valence-electron chi connectivity index (χ3n) is 4.39. The molecule has 1 atom stereocenters. The summed E-state index contributed by atoms with van der Waals surface area (Å²) < 4.78 is 49.9. The predicted octanol–water partition coefficient (Wildman–Crippen LogP) is 1.09. The van der Waals surface area contributed by atoms with Gasteiger partial charge in [0.25, 0.3) is 0 Å². The second-order valence-electron chi connectivity index (χ2n) is 5.99. The molecule has 0 unspecified atom stereocenters. The van der Waals surface area contributed by atoms with E-state index < -0.39 is 39.8 Å². The summed E-state index contributed by atoms with van der Waals surface area (Å²) >= 11 is 0. The van der Waals surface area contributed by atoms with Gasteiger partial charge in [-0.05, 0) is 25.0 Å². The fraction of sp³-hybridized carbons (Fsp3) is 0.500. The van der Waals surface area contributed by atoms with Crippen molar-refractivity contribution < 1.29 is 31.9 Å². The summed E-state index contributed by atoms with van der Waals surface area (Å²) in [6, 6.07) is 5.19. The molecule has 0 bridgehead atoms. The van der Waals surface area contributed by atoms with E-state index in [1.54, 1.807) is 0 Å². The first kappa shape index (κ1) is 17.8. The molecule has 2 saturated heterocycles. The van der Waals surface area contributed by atoms with Gasteiger partial charge in [0.1, 0.15) is 10.7 Å². The maximum atomic E-state index is 13.8. The van der Waals surface area contributed by atoms with Crippen molar-refractivity contribution in [2.75, 3.05) is 19.7 Å². The molecule has 1 aromatic carbocycles. The third-order valence-corrected chi connectivity index (χ3v) is 6.32. The molecule has 2 aliphatic heterocycles. The van der Waals surface area contributed by atoms with Crippen LogP contribution in [0.3, 0.4) is 0 Å². The van der Waals surface area contributed by atoms with Crippen LogP contribution in [0.4, 0.5) is 4.39 Å². The Morgan fingerprint density at radius 1 is 1.20 bits per heavy atom. The van der Waals surface area contributed by atoms with Crippen LogP contribution < -0.4 is 0 Å². The second kappa shape index (κ2) is 7.09. The third kappa shape index (κ3) is 3.67. The van der Waals surface area contributed by atoms with Crippen LogP contribution in [0.2, 0.25) is 0 Å². The van der Waals surface area contributed by atoms with Gasteiger partial charge in [0, 0.05) is 19.5 Å². The van der Waals surface area contributed by atoms with Gasteiger partial charge in [0.05, 0.1) is 12.5 Å². The van der Waals surface area contributed by atoms with Gasteiger partial charge >= 0.3 is 11.9 Å². The smallest absolute Gasteiger partial charge is 0.347 e. The van der Waals surface area contributed by atoms with Crippen molar-refractivity contribution in [3.63, 3.8) is 0 Å². The molecule has 0 saturated carbocycles. The van der Waals surface area contributed by atoms with E-state index in [2.05, 4.69) is 0 Å². The number of piperidine rings is 1. The van der Waals surface area contributed by atoms with Crippen molar-refractivity contribution in [1.82, 2.24) is 4.31 Å². The Morgan fingerprint density at radius 3 is 2.48 bits per heavy atom. The first-order valence-electron chi connectivity index (χ1n) is 8.01. The minimum absolute atomic E-state index is 0.0888. The highest BCUT2D eigenvalue weighted by molar-refractivity contribution is 7.89. The van der Waals surface area contributed by atoms with Crippen molar-refractivity contribution in [3.05, 3.63) is 30.1 Å². The predicted molar refractivity (Wildman–Crippen MR) is 83.3 cm³/mol. The quantitative estimate of drug-likeness (QED) is 0.736. The molecule has 0 aliphatic carbocycles. The number of carbonyl (C=O) groups excluding carboxylic acids is 2. The lowest BCUT2D eigenvalue weighted by Gasteiger charge is -2.30. The SMILES string of the molecule is O=C(O[C@H]1CCOC1=O)C1CCN(S(=O)(=O)c2ccccc2F)CC1. The molecule has 0 aromatic heterocycles. The summed E-state index contributed by atoms with van der Waals surface area (Å²) in [6.45, 7) is 0.410. The highest BCUT2D eigenvalue weighted by Gasteiger charge is 2.37. The van der Waals surface area contributed by atoms with Crippen molar-refractivity contribution in [3.8, 4) is 0 Å². The van der Waals surface area contributed by atoms with Crippen LogP contribution in [-0.4, -0.2) is 50.5 Å². The number of halogens is 1. The first-order valence-corrected chi connectivity index (χ1v) is 9.45. The Balaban J connectivity index is 1.61. The maximum Gasteiger partial charge on any atom is 0.347 e. The van der Waals surface area contributed by atoms with E-state index in [-0.39, 0.29) is 37.4 Å². The number of cyclic esters (lactones) is 1. The lowest BCUT2D eigenvalue weighted by molar-refractivity contribution is -0.164. The molecule has 7 nitrogen and oxygen atoms in total. The number of sulfonamides is 1. The fourth-order valence-corrected chi connectivity index (χ4v) is 4.48. The number of benzene rings is 1. The van der Waals surface area contributed by atoms with Gasteiger partial charge in [-0.25, -0.2) is 17.6 Å². The largest absolute Gasteiger partial charge is 0.463 e. The van der Waals surface area contributed by atoms with Gasteiger partial charge in [0.2, 0.25) is 16.1 Å². The molecule has 9 heteroatoms. The minimum Gasteiger partial charge on any atom is -0.463 e. The van der Waals surface area contributed by atoms with E-state index >= 15 is 0 Å². The topological polar surface area (TPSA) is 90.0 Å². The molecule has 2 aliphatic rings. The van der Waals surface area contributed by atoms with Crippen molar-refractivity contribution in [1.29, 1.82) is 0 Å². The summed E-state index contributed by atoms with van der Waals surface area (Å²) in [6.07, 6.45) is -0.0131. The van der Waals surface area contributed by atoms with Crippen LogP contribution in [0.15, 0.2) is 29.2 Å². The molecule has 0 radical (unpaired) electrons. The van der Waals surface area contributed by atoms with Gasteiger partial charge in [-0.1, -0.05) is 12.1 Å². The van der Waals surface area contributed by atoms with E-state index in [1.807, 2.05) is 0 Å². The van der Waals surface area contributed by atoms with E-state index in [0.29, 0.717) is 6.42 Å². The monoisotopic (exact) mass is 371 g/mol. The number of carbonyl (C=O) groups is 2. The maximum absolute atomic E-state index is 13.8. The molecular weight excluding hydrogens is 353 g/mol. The number of hydrogen-bond donors (Lipinski definition) is 0. The molecule has 25 heavy (non-hydrogen) atoms. The highest BCUT2D eigenvalue weighted by Crippen LogP contribution is 2.26. The molecule has 0 spiro atoms. The normalized spacial score (nSPS) is 22.6. The van der Waals surface area contributed by atoms with Crippen LogP contribution in [0, 0.1) is 11.7 Å². The number of esters is 2. The van der Waals surface area contributed by atoms with Crippen LogP contribution in [0.25, 0.3) is 0 Å². The summed E-state index contributed by atoms with van der Waals surface area (Å²) in [7, 11) is -3.94. The van der Waals surface area contributed by atoms with Gasteiger partial charge < -0.3 is 9.47 Å². The zero-order chi connectivity index (χ0) is 18.0. The molecule has 1 aromatic rings. The van der Waals surface area contributed by atoms with Gasteiger partial charge in [-0.2, -0.15) is 4.31 Å². The molecule has 3 rings (SSSR count). The van der Waals surface area contributed by atoms with Gasteiger partial charge in [-0.3, -0.25) is 4.79 Å².